The molecule has 0 radical (unpaired) electrons. The first-order valence-corrected chi connectivity index (χ1v) is 6.83. The Bertz CT molecular complexity index is 529. The number of hydrogen-bond acceptors (Lipinski definition) is 4. The maximum absolute atomic E-state index is 5.64. The van der Waals surface area contributed by atoms with Gasteiger partial charge in [0, 0.05) is 10.9 Å². The van der Waals surface area contributed by atoms with Crippen molar-refractivity contribution in [2.24, 2.45) is 0 Å². The fourth-order valence-corrected chi connectivity index (χ4v) is 3.57. The van der Waals surface area contributed by atoms with Crippen molar-refractivity contribution in [3.63, 3.8) is 0 Å². The molecule has 3 nitrogen and oxygen atoms in total. The van der Waals surface area contributed by atoms with Crippen LogP contribution in [0.5, 0.6) is 0 Å². The molecule has 3 rings (SSSR count). The van der Waals surface area contributed by atoms with Gasteiger partial charge in [-0.25, -0.2) is 4.98 Å². The third-order valence-electron chi connectivity index (χ3n) is 3.25. The molecule has 2 heterocycles. The number of aromatic nitrogens is 1. The van der Waals surface area contributed by atoms with Crippen LogP contribution in [0.2, 0.25) is 0 Å². The molecule has 0 aliphatic heterocycles. The van der Waals surface area contributed by atoms with Crippen molar-refractivity contribution in [2.45, 2.75) is 32.2 Å². The quantitative estimate of drug-likeness (QED) is 0.886. The summed E-state index contributed by atoms with van der Waals surface area (Å²) in [5, 5.41) is 4.39. The van der Waals surface area contributed by atoms with Crippen molar-refractivity contribution in [1.82, 2.24) is 10.3 Å². The predicted octanol–water partition coefficient (Wildman–Crippen LogP) is 3.31. The molecule has 0 bridgehead atoms. The van der Waals surface area contributed by atoms with Crippen molar-refractivity contribution in [3.05, 3.63) is 28.5 Å². The van der Waals surface area contributed by atoms with E-state index in [0.717, 1.165) is 22.9 Å². The van der Waals surface area contributed by atoms with Gasteiger partial charge >= 0.3 is 0 Å². The number of thiazole rings is 1. The molecule has 1 aliphatic carbocycles. The van der Waals surface area contributed by atoms with E-state index in [0.29, 0.717) is 6.04 Å². The van der Waals surface area contributed by atoms with E-state index in [2.05, 4.69) is 5.32 Å². The van der Waals surface area contributed by atoms with Crippen LogP contribution in [0.1, 0.15) is 35.2 Å². The molecule has 1 aliphatic rings. The molecule has 0 saturated heterocycles. The third-order valence-corrected chi connectivity index (χ3v) is 4.48. The van der Waals surface area contributed by atoms with Crippen molar-refractivity contribution >= 4 is 11.3 Å². The zero-order valence-electron chi connectivity index (χ0n) is 10.1. The van der Waals surface area contributed by atoms with Gasteiger partial charge in [-0.05, 0) is 45.4 Å². The number of nitrogens with zero attached hydrogens (tertiary/aromatic N) is 1. The van der Waals surface area contributed by atoms with Gasteiger partial charge in [-0.1, -0.05) is 0 Å². The molecule has 0 aromatic carbocycles. The molecule has 0 saturated carbocycles. The average Bonchev–Trinajstić information content (AvgIpc) is 2.93. The van der Waals surface area contributed by atoms with E-state index in [9.17, 15) is 0 Å². The summed E-state index contributed by atoms with van der Waals surface area (Å²) in [6, 6.07) is 4.47. The lowest BCUT2D eigenvalue weighted by Crippen LogP contribution is -2.19. The Hall–Kier alpha value is -1.13. The summed E-state index contributed by atoms with van der Waals surface area (Å²) in [4.78, 5) is 6.11. The van der Waals surface area contributed by atoms with Crippen molar-refractivity contribution in [1.29, 1.82) is 0 Å². The van der Waals surface area contributed by atoms with E-state index in [1.807, 2.05) is 26.1 Å². The average molecular weight is 248 g/mol. The number of furan rings is 1. The van der Waals surface area contributed by atoms with Crippen LogP contribution in [-0.2, 0) is 6.42 Å². The lowest BCUT2D eigenvalue weighted by atomic mass is 9.98. The van der Waals surface area contributed by atoms with E-state index in [-0.39, 0.29) is 0 Å². The lowest BCUT2D eigenvalue weighted by Gasteiger charge is -2.19. The van der Waals surface area contributed by atoms with Crippen molar-refractivity contribution in [3.8, 4) is 10.8 Å². The predicted molar refractivity (Wildman–Crippen MR) is 69.3 cm³/mol. The summed E-state index contributed by atoms with van der Waals surface area (Å²) in [6.07, 6.45) is 3.53. The van der Waals surface area contributed by atoms with E-state index in [1.54, 1.807) is 11.3 Å². The van der Waals surface area contributed by atoms with Crippen LogP contribution in [0, 0.1) is 6.92 Å². The molecule has 1 atom stereocenters. The van der Waals surface area contributed by atoms with E-state index >= 15 is 0 Å². The summed E-state index contributed by atoms with van der Waals surface area (Å²) >= 11 is 1.77. The monoisotopic (exact) mass is 248 g/mol. The Balaban J connectivity index is 2.01. The zero-order chi connectivity index (χ0) is 11.8. The fourth-order valence-electron chi connectivity index (χ4n) is 2.35. The van der Waals surface area contributed by atoms with Gasteiger partial charge < -0.3 is 9.73 Å². The molecular formula is C13H16N2OS. The highest BCUT2D eigenvalue weighted by molar-refractivity contribution is 7.15. The molecule has 0 amide bonds. The summed E-state index contributed by atoms with van der Waals surface area (Å²) < 4.78 is 5.64. The first-order chi connectivity index (χ1) is 8.28. The molecule has 90 valence electrons. The van der Waals surface area contributed by atoms with Gasteiger partial charge in [-0.2, -0.15) is 0 Å². The number of fused-ring (bicyclic) bond motifs is 1. The summed E-state index contributed by atoms with van der Waals surface area (Å²) in [5.41, 5.74) is 1.25. The van der Waals surface area contributed by atoms with Crippen LogP contribution in [0.3, 0.4) is 0 Å². The highest BCUT2D eigenvalue weighted by atomic mass is 32.1. The van der Waals surface area contributed by atoms with E-state index < -0.39 is 0 Å². The molecule has 2 aromatic heterocycles. The second-order valence-electron chi connectivity index (χ2n) is 4.47. The molecule has 4 heteroatoms. The minimum absolute atomic E-state index is 0.473. The maximum atomic E-state index is 5.64. The molecule has 1 N–H and O–H groups in total. The van der Waals surface area contributed by atoms with Crippen LogP contribution >= 0.6 is 11.3 Å². The number of rotatable bonds is 2. The molecule has 0 spiro atoms. The normalized spacial score (nSPS) is 19.3. The zero-order valence-corrected chi connectivity index (χ0v) is 10.9. The highest BCUT2D eigenvalue weighted by Crippen LogP contribution is 2.38. The van der Waals surface area contributed by atoms with Gasteiger partial charge in [0.2, 0.25) is 0 Å². The van der Waals surface area contributed by atoms with Crippen LogP contribution in [-0.4, -0.2) is 12.0 Å². The molecule has 1 unspecified atom stereocenters. The SMILES string of the molecule is CNC1CCCc2nc(-c3ccc(C)o3)sc21. The highest BCUT2D eigenvalue weighted by Gasteiger charge is 2.24. The van der Waals surface area contributed by atoms with Gasteiger partial charge in [0.25, 0.3) is 0 Å². The molecular weight excluding hydrogens is 232 g/mol. The Labute approximate surface area is 105 Å². The third kappa shape index (κ3) is 1.91. The topological polar surface area (TPSA) is 38.1 Å². The second kappa shape index (κ2) is 4.27. The van der Waals surface area contributed by atoms with Crippen molar-refractivity contribution in [2.75, 3.05) is 7.05 Å². The molecule has 17 heavy (non-hydrogen) atoms. The molecule has 2 aromatic rings. The summed E-state index contributed by atoms with van der Waals surface area (Å²) in [5.74, 6) is 1.84. The minimum Gasteiger partial charge on any atom is -0.459 e. The van der Waals surface area contributed by atoms with E-state index in [4.69, 9.17) is 9.40 Å². The second-order valence-corrected chi connectivity index (χ2v) is 5.50. The minimum atomic E-state index is 0.473. The number of aryl methyl sites for hydroxylation is 2. The van der Waals surface area contributed by atoms with Gasteiger partial charge in [0.15, 0.2) is 10.8 Å². The number of hydrogen-bond donors (Lipinski definition) is 1. The summed E-state index contributed by atoms with van der Waals surface area (Å²) in [6.45, 7) is 1.97. The Morgan fingerprint density at radius 1 is 1.47 bits per heavy atom. The maximum Gasteiger partial charge on any atom is 0.162 e. The largest absolute Gasteiger partial charge is 0.459 e. The standard InChI is InChI=1S/C13H16N2OS/c1-8-6-7-11(16-8)13-15-10-5-3-4-9(14-2)12(10)17-13/h6-7,9,14H,3-5H2,1-2H3. The van der Waals surface area contributed by atoms with Crippen LogP contribution < -0.4 is 5.32 Å². The lowest BCUT2D eigenvalue weighted by molar-refractivity contribution is 0.501. The van der Waals surface area contributed by atoms with Crippen molar-refractivity contribution < 1.29 is 4.42 Å². The Morgan fingerprint density at radius 2 is 2.35 bits per heavy atom. The number of nitrogens with one attached hydrogen (secondary N) is 1. The molecule has 0 fully saturated rings. The Kier molecular flexibility index (Phi) is 2.76. The van der Waals surface area contributed by atoms with Crippen LogP contribution in [0.4, 0.5) is 0 Å². The van der Waals surface area contributed by atoms with E-state index in [1.165, 1.54) is 23.4 Å². The van der Waals surface area contributed by atoms with Gasteiger partial charge in [-0.3, -0.25) is 0 Å². The van der Waals surface area contributed by atoms with Gasteiger partial charge in [0.05, 0.1) is 5.69 Å². The van der Waals surface area contributed by atoms with Crippen LogP contribution in [0.15, 0.2) is 16.5 Å². The van der Waals surface area contributed by atoms with Crippen LogP contribution in [0.25, 0.3) is 10.8 Å². The van der Waals surface area contributed by atoms with Gasteiger partial charge in [-0.15, -0.1) is 11.3 Å². The Morgan fingerprint density at radius 3 is 3.06 bits per heavy atom. The fraction of sp³-hybridized carbons (Fsp3) is 0.462. The van der Waals surface area contributed by atoms with Gasteiger partial charge in [0.1, 0.15) is 5.76 Å². The first kappa shape index (κ1) is 11.0. The smallest absolute Gasteiger partial charge is 0.162 e. The first-order valence-electron chi connectivity index (χ1n) is 6.01. The summed E-state index contributed by atoms with van der Waals surface area (Å²) in [7, 11) is 2.02.